The van der Waals surface area contributed by atoms with E-state index < -0.39 is 11.5 Å². The van der Waals surface area contributed by atoms with Crippen molar-refractivity contribution in [3.05, 3.63) is 34.5 Å². The maximum absolute atomic E-state index is 13.3. The first kappa shape index (κ1) is 10.1. The fourth-order valence-corrected chi connectivity index (χ4v) is 1.99. The predicted molar refractivity (Wildman–Crippen MR) is 57.3 cm³/mol. The highest BCUT2D eigenvalue weighted by atomic mass is 32.2. The van der Waals surface area contributed by atoms with Gasteiger partial charge >= 0.3 is 5.69 Å². The monoisotopic (exact) mass is 252 g/mol. The molecule has 0 radical (unpaired) electrons. The van der Waals surface area contributed by atoms with Crippen LogP contribution in [0.3, 0.4) is 0 Å². The minimum absolute atomic E-state index is 0.160. The molecule has 0 saturated carbocycles. The molecule has 0 atom stereocenters. The molecule has 0 spiro atoms. The van der Waals surface area contributed by atoms with Crippen LogP contribution >= 0.6 is 11.8 Å². The van der Waals surface area contributed by atoms with Crippen LogP contribution in [0.4, 0.5) is 4.39 Å². The van der Waals surface area contributed by atoms with E-state index in [2.05, 4.69) is 20.2 Å². The van der Waals surface area contributed by atoms with Crippen molar-refractivity contribution in [2.45, 2.75) is 10.4 Å². The lowest BCUT2D eigenvalue weighted by Crippen LogP contribution is -2.00. The van der Waals surface area contributed by atoms with Gasteiger partial charge in [0.1, 0.15) is 5.52 Å². The summed E-state index contributed by atoms with van der Waals surface area (Å²) in [4.78, 5) is 17.2. The zero-order valence-corrected chi connectivity index (χ0v) is 9.05. The number of aromatic nitrogens is 4. The van der Waals surface area contributed by atoms with Crippen LogP contribution in [0.1, 0.15) is 0 Å². The van der Waals surface area contributed by atoms with Gasteiger partial charge in [0.25, 0.3) is 5.22 Å². The summed E-state index contributed by atoms with van der Waals surface area (Å²) in [6.07, 6.45) is 0. The smallest absolute Gasteiger partial charge is 0.341 e. The van der Waals surface area contributed by atoms with Crippen LogP contribution in [-0.4, -0.2) is 20.2 Å². The summed E-state index contributed by atoms with van der Waals surface area (Å²) in [7, 11) is 0. The van der Waals surface area contributed by atoms with E-state index >= 15 is 0 Å². The van der Waals surface area contributed by atoms with Crippen molar-refractivity contribution in [3.8, 4) is 0 Å². The van der Waals surface area contributed by atoms with Crippen LogP contribution in [0.5, 0.6) is 0 Å². The van der Waals surface area contributed by atoms with E-state index in [9.17, 15) is 9.18 Å². The molecule has 0 amide bonds. The Morgan fingerprint density at radius 1 is 1.41 bits per heavy atom. The first-order valence-electron chi connectivity index (χ1n) is 4.60. The van der Waals surface area contributed by atoms with E-state index in [4.69, 9.17) is 4.42 Å². The molecule has 0 fully saturated rings. The van der Waals surface area contributed by atoms with Gasteiger partial charge < -0.3 is 4.42 Å². The highest BCUT2D eigenvalue weighted by Gasteiger charge is 2.12. The van der Waals surface area contributed by atoms with Crippen LogP contribution in [0, 0.1) is 5.82 Å². The van der Waals surface area contributed by atoms with Crippen LogP contribution in [0.25, 0.3) is 11.1 Å². The van der Waals surface area contributed by atoms with E-state index in [0.29, 0.717) is 10.7 Å². The summed E-state index contributed by atoms with van der Waals surface area (Å²) in [5.41, 5.74) is 0.0908. The number of rotatable bonds is 2. The average Bonchev–Trinajstić information content (AvgIpc) is 2.86. The Morgan fingerprint density at radius 3 is 3.00 bits per heavy atom. The third kappa shape index (κ3) is 1.82. The van der Waals surface area contributed by atoms with Crippen LogP contribution in [0.15, 0.2) is 37.8 Å². The van der Waals surface area contributed by atoms with Crippen molar-refractivity contribution in [1.29, 1.82) is 0 Å². The molecule has 0 unspecified atom stereocenters. The van der Waals surface area contributed by atoms with Crippen molar-refractivity contribution in [2.75, 3.05) is 0 Å². The van der Waals surface area contributed by atoms with E-state index in [1.807, 2.05) is 0 Å². The fourth-order valence-electron chi connectivity index (χ4n) is 1.32. The number of nitrogens with zero attached hydrogens (tertiary/aromatic N) is 2. The number of oxazole rings is 1. The number of aromatic amines is 2. The lowest BCUT2D eigenvalue weighted by molar-refractivity contribution is 0.489. The van der Waals surface area contributed by atoms with Gasteiger partial charge in [-0.25, -0.2) is 19.3 Å². The van der Waals surface area contributed by atoms with Gasteiger partial charge in [-0.1, -0.05) is 6.07 Å². The highest BCUT2D eigenvalue weighted by molar-refractivity contribution is 7.98. The number of fused-ring (bicyclic) bond motifs is 1. The maximum atomic E-state index is 13.3. The Balaban J connectivity index is 2.01. The van der Waals surface area contributed by atoms with Gasteiger partial charge in [-0.2, -0.15) is 0 Å². The number of benzene rings is 1. The summed E-state index contributed by atoms with van der Waals surface area (Å²) in [5, 5.41) is 6.41. The second-order valence-electron chi connectivity index (χ2n) is 3.15. The van der Waals surface area contributed by atoms with Gasteiger partial charge in [0.15, 0.2) is 16.6 Å². The van der Waals surface area contributed by atoms with Crippen LogP contribution in [0.2, 0.25) is 0 Å². The molecule has 6 nitrogen and oxygen atoms in total. The molecule has 3 rings (SSSR count). The average molecular weight is 252 g/mol. The molecule has 1 aromatic carbocycles. The van der Waals surface area contributed by atoms with Crippen LogP contribution < -0.4 is 5.69 Å². The van der Waals surface area contributed by atoms with Crippen molar-refractivity contribution in [2.24, 2.45) is 0 Å². The van der Waals surface area contributed by atoms with Crippen molar-refractivity contribution in [1.82, 2.24) is 20.2 Å². The fraction of sp³-hybridized carbons (Fsp3) is 0. The zero-order chi connectivity index (χ0) is 11.8. The molecule has 0 saturated heterocycles. The predicted octanol–water partition coefficient (Wildman–Crippen LogP) is 1.53. The quantitative estimate of drug-likeness (QED) is 0.722. The molecule has 2 aromatic heterocycles. The molecule has 17 heavy (non-hydrogen) atoms. The Morgan fingerprint density at radius 2 is 2.29 bits per heavy atom. The Bertz CT molecular complexity index is 732. The van der Waals surface area contributed by atoms with Gasteiger partial charge in [-0.3, -0.25) is 4.98 Å². The number of nitrogens with one attached hydrogen (secondary N) is 2. The Labute approximate surface area is 97.3 Å². The number of halogens is 1. The summed E-state index contributed by atoms with van der Waals surface area (Å²) >= 11 is 1.00. The number of hydrogen-bond donors (Lipinski definition) is 2. The molecule has 0 aliphatic rings. The molecule has 0 aliphatic carbocycles. The number of hydrogen-bond acceptors (Lipinski definition) is 5. The topological polar surface area (TPSA) is 87.6 Å². The second-order valence-corrected chi connectivity index (χ2v) is 4.09. The van der Waals surface area contributed by atoms with E-state index in [-0.39, 0.29) is 10.7 Å². The zero-order valence-electron chi connectivity index (χ0n) is 8.23. The van der Waals surface area contributed by atoms with E-state index in [0.717, 1.165) is 11.8 Å². The highest BCUT2D eigenvalue weighted by Crippen LogP contribution is 2.27. The molecular weight excluding hydrogens is 247 g/mol. The molecule has 0 aliphatic heterocycles. The summed E-state index contributed by atoms with van der Waals surface area (Å²) in [6, 6.07) is 4.45. The van der Waals surface area contributed by atoms with Crippen molar-refractivity contribution in [3.63, 3.8) is 0 Å². The summed E-state index contributed by atoms with van der Waals surface area (Å²) in [5.74, 6) is -0.450. The molecule has 2 N–H and O–H groups in total. The van der Waals surface area contributed by atoms with Crippen molar-refractivity contribution < 1.29 is 8.81 Å². The maximum Gasteiger partial charge on any atom is 0.341 e. The van der Waals surface area contributed by atoms with Gasteiger partial charge in [-0.15, -0.1) is 5.10 Å². The lowest BCUT2D eigenvalue weighted by Gasteiger charge is -1.86. The molecular formula is C9H5FN4O2S. The molecule has 8 heteroatoms. The first-order chi connectivity index (χ1) is 8.22. The lowest BCUT2D eigenvalue weighted by atomic mass is 10.3. The van der Waals surface area contributed by atoms with Crippen molar-refractivity contribution >= 4 is 22.9 Å². The van der Waals surface area contributed by atoms with E-state index in [1.54, 1.807) is 6.07 Å². The standard InChI is InChI=1S/C9H5FN4O2S/c10-4-2-1-3-5-6(4)11-9(16-5)17-8-12-7(15)13-14-8/h1-3H,(H2,12,13,14,15). The van der Waals surface area contributed by atoms with Gasteiger partial charge in [0, 0.05) is 11.8 Å². The largest absolute Gasteiger partial charge is 0.431 e. The summed E-state index contributed by atoms with van der Waals surface area (Å²) in [6.45, 7) is 0. The second kappa shape index (κ2) is 3.74. The molecule has 2 heterocycles. The molecule has 86 valence electrons. The third-order valence-corrected chi connectivity index (χ3v) is 2.75. The SMILES string of the molecule is O=c1[nH]nc(Sc2nc3c(F)cccc3o2)[nH]1. The number of para-hydroxylation sites is 1. The Kier molecular flexibility index (Phi) is 2.22. The van der Waals surface area contributed by atoms with Crippen LogP contribution in [-0.2, 0) is 0 Å². The minimum atomic E-state index is -0.450. The van der Waals surface area contributed by atoms with Gasteiger partial charge in [-0.05, 0) is 12.1 Å². The molecule has 0 bridgehead atoms. The van der Waals surface area contributed by atoms with E-state index in [1.165, 1.54) is 12.1 Å². The normalized spacial score (nSPS) is 11.1. The third-order valence-electron chi connectivity index (χ3n) is 2.01. The Hall–Kier alpha value is -2.09. The first-order valence-corrected chi connectivity index (χ1v) is 5.41. The van der Waals surface area contributed by atoms with Gasteiger partial charge in [0.05, 0.1) is 0 Å². The number of H-pyrrole nitrogens is 2. The van der Waals surface area contributed by atoms with Gasteiger partial charge in [0.2, 0.25) is 0 Å². The molecule has 3 aromatic rings. The summed E-state index contributed by atoms with van der Waals surface area (Å²) < 4.78 is 18.6. The minimum Gasteiger partial charge on any atom is -0.431 e.